The normalized spacial score (nSPS) is 14.6. The van der Waals surface area contributed by atoms with Crippen LogP contribution in [0.1, 0.15) is 28.6 Å². The number of nitrogens with one attached hydrogen (secondary N) is 2. The van der Waals surface area contributed by atoms with Crippen LogP contribution in [-0.4, -0.2) is 38.4 Å². The average Bonchev–Trinajstić information content (AvgIpc) is 3.39. The Labute approximate surface area is 192 Å². The maximum absolute atomic E-state index is 13.0. The van der Waals surface area contributed by atoms with Crippen molar-refractivity contribution in [2.75, 3.05) is 35.9 Å². The molecule has 8 nitrogen and oxygen atoms in total. The first-order chi connectivity index (χ1) is 16.0. The lowest BCUT2D eigenvalue weighted by atomic mass is 10.1. The van der Waals surface area contributed by atoms with Crippen molar-refractivity contribution in [3.05, 3.63) is 77.7 Å². The lowest BCUT2D eigenvalue weighted by molar-refractivity contribution is 0.102. The zero-order valence-corrected chi connectivity index (χ0v) is 18.7. The number of para-hydroxylation sites is 1. The zero-order chi connectivity index (χ0) is 23.2. The first kappa shape index (κ1) is 22.4. The molecule has 1 unspecified atom stereocenters. The van der Waals surface area contributed by atoms with Crippen LogP contribution in [0.3, 0.4) is 0 Å². The number of nitrogens with zero attached hydrogens (tertiary/aromatic N) is 1. The quantitative estimate of drug-likeness (QED) is 0.485. The van der Waals surface area contributed by atoms with Crippen molar-refractivity contribution >= 4 is 29.1 Å². The highest BCUT2D eigenvalue weighted by Crippen LogP contribution is 2.33. The summed E-state index contributed by atoms with van der Waals surface area (Å²) in [6.07, 6.45) is 1.91. The van der Waals surface area contributed by atoms with Crippen molar-refractivity contribution in [2.45, 2.75) is 25.9 Å². The Morgan fingerprint density at radius 2 is 1.85 bits per heavy atom. The molecule has 2 heterocycles. The highest BCUT2D eigenvalue weighted by atomic mass is 16.6. The summed E-state index contributed by atoms with van der Waals surface area (Å²) in [6, 6.07) is 17.1. The molecule has 33 heavy (non-hydrogen) atoms. The molecule has 0 radical (unpaired) electrons. The van der Waals surface area contributed by atoms with Crippen LogP contribution in [0.15, 0.2) is 65.3 Å². The maximum atomic E-state index is 13.0. The van der Waals surface area contributed by atoms with Crippen molar-refractivity contribution in [2.24, 2.45) is 0 Å². The molecule has 3 aromatic rings. The van der Waals surface area contributed by atoms with E-state index in [1.54, 1.807) is 30.3 Å². The third kappa shape index (κ3) is 5.35. The first-order valence-corrected chi connectivity index (χ1v) is 10.8. The van der Waals surface area contributed by atoms with Gasteiger partial charge in [-0.15, -0.1) is 0 Å². The molecular formula is C25H27N3O5. The Morgan fingerprint density at radius 1 is 1.06 bits per heavy atom. The molecule has 0 saturated carbocycles. The molecule has 0 saturated heterocycles. The number of ether oxygens (including phenoxy) is 2. The topological polar surface area (TPSA) is 93.0 Å². The molecule has 1 aromatic heterocycles. The summed E-state index contributed by atoms with van der Waals surface area (Å²) < 4.78 is 15.5. The van der Waals surface area contributed by atoms with E-state index in [1.165, 1.54) is 24.6 Å². The van der Waals surface area contributed by atoms with E-state index in [-0.39, 0.29) is 12.5 Å². The molecule has 2 aromatic carbocycles. The lowest BCUT2D eigenvalue weighted by Crippen LogP contribution is -2.29. The van der Waals surface area contributed by atoms with Crippen molar-refractivity contribution in [1.29, 1.82) is 0 Å². The number of anilines is 3. The van der Waals surface area contributed by atoms with Gasteiger partial charge in [-0.1, -0.05) is 24.3 Å². The smallest absolute Gasteiger partial charge is 0.411 e. The molecule has 0 spiro atoms. The molecule has 8 heteroatoms. The summed E-state index contributed by atoms with van der Waals surface area (Å²) in [4.78, 5) is 27.1. The fourth-order valence-corrected chi connectivity index (χ4v) is 3.94. The van der Waals surface area contributed by atoms with E-state index >= 15 is 0 Å². The van der Waals surface area contributed by atoms with Gasteiger partial charge in [-0.3, -0.25) is 10.1 Å². The fourth-order valence-electron chi connectivity index (χ4n) is 3.94. The number of carbonyl (C=O) groups excluding carboxylic acids is 2. The van der Waals surface area contributed by atoms with Crippen LogP contribution in [0.2, 0.25) is 0 Å². The van der Waals surface area contributed by atoms with Gasteiger partial charge in [0, 0.05) is 30.2 Å². The van der Waals surface area contributed by atoms with Crippen LogP contribution in [0.4, 0.5) is 21.9 Å². The van der Waals surface area contributed by atoms with Gasteiger partial charge in [-0.25, -0.2) is 4.79 Å². The second-order valence-corrected chi connectivity index (χ2v) is 7.86. The molecule has 2 N–H and O–H groups in total. The molecular weight excluding hydrogens is 422 g/mol. The van der Waals surface area contributed by atoms with Gasteiger partial charge in [-0.2, -0.15) is 0 Å². The number of hydrogen-bond donors (Lipinski definition) is 2. The minimum absolute atomic E-state index is 0.155. The molecule has 1 aliphatic rings. The SMILES string of the molecule is COCCOC(=O)Nc1cccc(NC(=O)c2ccoc2CN2c3ccccc3CC2C)c1. The predicted octanol–water partition coefficient (Wildman–Crippen LogP) is 4.68. The highest BCUT2D eigenvalue weighted by molar-refractivity contribution is 6.05. The number of furan rings is 1. The number of methoxy groups -OCH3 is 1. The molecule has 0 fully saturated rings. The van der Waals surface area contributed by atoms with Crippen LogP contribution >= 0.6 is 0 Å². The highest BCUT2D eigenvalue weighted by Gasteiger charge is 2.28. The molecule has 0 aliphatic carbocycles. The minimum atomic E-state index is -0.590. The Morgan fingerprint density at radius 3 is 2.67 bits per heavy atom. The Balaban J connectivity index is 1.41. The average molecular weight is 450 g/mol. The maximum Gasteiger partial charge on any atom is 0.411 e. The molecule has 1 atom stereocenters. The molecule has 1 aliphatic heterocycles. The minimum Gasteiger partial charge on any atom is -0.467 e. The van der Waals surface area contributed by atoms with Crippen molar-refractivity contribution in [1.82, 2.24) is 0 Å². The summed E-state index contributed by atoms with van der Waals surface area (Å²) in [7, 11) is 1.53. The Kier molecular flexibility index (Phi) is 6.95. The Bertz CT molecular complexity index is 1130. The molecule has 2 amide bonds. The number of rotatable bonds is 8. The summed E-state index contributed by atoms with van der Waals surface area (Å²) >= 11 is 0. The monoisotopic (exact) mass is 449 g/mol. The van der Waals surface area contributed by atoms with Crippen LogP contribution in [-0.2, 0) is 22.4 Å². The van der Waals surface area contributed by atoms with E-state index in [9.17, 15) is 9.59 Å². The second kappa shape index (κ2) is 10.2. The summed E-state index contributed by atoms with van der Waals surface area (Å²) in [5.74, 6) is 0.325. The van der Waals surface area contributed by atoms with E-state index in [0.717, 1.165) is 6.42 Å². The molecule has 4 rings (SSSR count). The Hall–Kier alpha value is -3.78. The van der Waals surface area contributed by atoms with E-state index in [4.69, 9.17) is 13.9 Å². The third-order valence-corrected chi connectivity index (χ3v) is 5.54. The standard InChI is InChI=1S/C25H27N3O5/c1-17-14-18-6-3-4-9-22(18)28(17)16-23-21(10-11-32-23)24(29)26-19-7-5-8-20(15-19)27-25(30)33-13-12-31-2/h3-11,15,17H,12-14,16H2,1-2H3,(H,26,29)(H,27,30). The van der Waals surface area contributed by atoms with E-state index in [2.05, 4.69) is 34.6 Å². The van der Waals surface area contributed by atoms with E-state index in [0.29, 0.717) is 41.9 Å². The van der Waals surface area contributed by atoms with Crippen LogP contribution < -0.4 is 15.5 Å². The van der Waals surface area contributed by atoms with Gasteiger partial charge in [0.2, 0.25) is 0 Å². The van der Waals surface area contributed by atoms with Gasteiger partial charge in [0.25, 0.3) is 5.91 Å². The lowest BCUT2D eigenvalue weighted by Gasteiger charge is -2.24. The predicted molar refractivity (Wildman–Crippen MR) is 126 cm³/mol. The largest absolute Gasteiger partial charge is 0.467 e. The van der Waals surface area contributed by atoms with Crippen LogP contribution in [0.25, 0.3) is 0 Å². The van der Waals surface area contributed by atoms with Crippen molar-refractivity contribution < 1.29 is 23.5 Å². The summed E-state index contributed by atoms with van der Waals surface area (Å²) in [5.41, 5.74) is 3.99. The second-order valence-electron chi connectivity index (χ2n) is 7.86. The van der Waals surface area contributed by atoms with Gasteiger partial charge in [0.1, 0.15) is 12.4 Å². The zero-order valence-electron chi connectivity index (χ0n) is 18.7. The van der Waals surface area contributed by atoms with Gasteiger partial charge >= 0.3 is 6.09 Å². The number of benzene rings is 2. The fraction of sp³-hybridized carbons (Fsp3) is 0.280. The van der Waals surface area contributed by atoms with Crippen LogP contribution in [0, 0.1) is 0 Å². The number of hydrogen-bond acceptors (Lipinski definition) is 6. The summed E-state index contributed by atoms with van der Waals surface area (Å²) in [6.45, 7) is 3.14. The third-order valence-electron chi connectivity index (χ3n) is 5.54. The van der Waals surface area contributed by atoms with Crippen LogP contribution in [0.5, 0.6) is 0 Å². The molecule has 0 bridgehead atoms. The van der Waals surface area contributed by atoms with Gasteiger partial charge in [0.05, 0.1) is 25.0 Å². The van der Waals surface area contributed by atoms with Crippen molar-refractivity contribution in [3.8, 4) is 0 Å². The molecule has 172 valence electrons. The van der Waals surface area contributed by atoms with Gasteiger partial charge in [-0.05, 0) is 49.2 Å². The van der Waals surface area contributed by atoms with E-state index in [1.807, 2.05) is 12.1 Å². The number of carbonyl (C=O) groups is 2. The van der Waals surface area contributed by atoms with E-state index < -0.39 is 6.09 Å². The number of fused-ring (bicyclic) bond motifs is 1. The summed E-state index contributed by atoms with van der Waals surface area (Å²) in [5, 5.41) is 5.51. The van der Waals surface area contributed by atoms with Crippen molar-refractivity contribution in [3.63, 3.8) is 0 Å². The first-order valence-electron chi connectivity index (χ1n) is 10.8. The van der Waals surface area contributed by atoms with Gasteiger partial charge in [0.15, 0.2) is 0 Å². The van der Waals surface area contributed by atoms with Gasteiger partial charge < -0.3 is 24.1 Å². The number of amides is 2.